The molecule has 1 aromatic heterocycles. The van der Waals surface area contributed by atoms with Crippen molar-refractivity contribution >= 4 is 17.4 Å². The van der Waals surface area contributed by atoms with Crippen molar-refractivity contribution < 1.29 is 22.6 Å². The Morgan fingerprint density at radius 2 is 2.00 bits per heavy atom. The van der Waals surface area contributed by atoms with Gasteiger partial charge in [0, 0.05) is 6.20 Å². The first-order valence-corrected chi connectivity index (χ1v) is 7.16. The Hall–Kier alpha value is -2.15. The largest absolute Gasteiger partial charge is 0.486 e. The van der Waals surface area contributed by atoms with E-state index in [9.17, 15) is 13.2 Å². The van der Waals surface area contributed by atoms with E-state index in [4.69, 9.17) is 21.1 Å². The Bertz CT molecular complexity index is 709. The number of aromatic nitrogens is 1. The highest BCUT2D eigenvalue weighted by Crippen LogP contribution is 2.33. The fourth-order valence-corrected chi connectivity index (χ4v) is 2.33. The Morgan fingerprint density at radius 3 is 2.70 bits per heavy atom. The Morgan fingerprint density at radius 1 is 1.26 bits per heavy atom. The van der Waals surface area contributed by atoms with Crippen LogP contribution in [0, 0.1) is 0 Å². The van der Waals surface area contributed by atoms with Crippen molar-refractivity contribution in [3.63, 3.8) is 0 Å². The quantitative estimate of drug-likeness (QED) is 0.913. The van der Waals surface area contributed by atoms with Gasteiger partial charge < -0.3 is 14.8 Å². The molecule has 2 aromatic rings. The first-order chi connectivity index (χ1) is 10.9. The first-order valence-electron chi connectivity index (χ1n) is 6.78. The minimum absolute atomic E-state index is 0.100. The minimum atomic E-state index is -4.47. The van der Waals surface area contributed by atoms with Gasteiger partial charge >= 0.3 is 6.18 Å². The summed E-state index contributed by atoms with van der Waals surface area (Å²) in [5.41, 5.74) is -0.890. The zero-order chi connectivity index (χ0) is 16.4. The molecule has 4 nitrogen and oxygen atoms in total. The summed E-state index contributed by atoms with van der Waals surface area (Å²) in [5, 5.41) is 2.78. The van der Waals surface area contributed by atoms with E-state index in [1.54, 1.807) is 12.1 Å². The molecule has 1 aromatic carbocycles. The molecule has 1 atom stereocenters. The summed E-state index contributed by atoms with van der Waals surface area (Å²) in [6, 6.07) is 8.08. The molecule has 0 saturated heterocycles. The standard InChI is InChI=1S/C15H12ClF3N2O2/c16-11-5-9(15(17,18)19)6-20-14(11)21-7-10-8-22-12-3-1-2-4-13(12)23-10/h1-6,10H,7-8H2,(H,20,21)/t10-/m1/s1. The van der Waals surface area contributed by atoms with Gasteiger partial charge in [-0.15, -0.1) is 0 Å². The van der Waals surface area contributed by atoms with Crippen LogP contribution >= 0.6 is 11.6 Å². The molecule has 1 N–H and O–H groups in total. The third kappa shape index (κ3) is 3.61. The summed E-state index contributed by atoms with van der Waals surface area (Å²) < 4.78 is 49.0. The van der Waals surface area contributed by atoms with Crippen LogP contribution in [-0.4, -0.2) is 24.2 Å². The van der Waals surface area contributed by atoms with Crippen molar-refractivity contribution in [3.8, 4) is 11.5 Å². The zero-order valence-corrected chi connectivity index (χ0v) is 12.5. The van der Waals surface area contributed by atoms with E-state index in [1.165, 1.54) is 0 Å². The van der Waals surface area contributed by atoms with Crippen molar-refractivity contribution in [2.24, 2.45) is 0 Å². The molecule has 0 spiro atoms. The minimum Gasteiger partial charge on any atom is -0.486 e. The van der Waals surface area contributed by atoms with E-state index in [2.05, 4.69) is 10.3 Å². The molecular weight excluding hydrogens is 333 g/mol. The maximum Gasteiger partial charge on any atom is 0.417 e. The first kappa shape index (κ1) is 15.7. The lowest BCUT2D eigenvalue weighted by Gasteiger charge is -2.26. The molecule has 0 fully saturated rings. The highest BCUT2D eigenvalue weighted by Gasteiger charge is 2.31. The van der Waals surface area contributed by atoms with Gasteiger partial charge in [0.2, 0.25) is 0 Å². The number of pyridine rings is 1. The van der Waals surface area contributed by atoms with E-state index in [-0.39, 0.29) is 16.9 Å². The van der Waals surface area contributed by atoms with Gasteiger partial charge in [0.1, 0.15) is 18.5 Å². The summed E-state index contributed by atoms with van der Waals surface area (Å²) in [6.45, 7) is 0.620. The summed E-state index contributed by atoms with van der Waals surface area (Å²) in [5.74, 6) is 1.45. The van der Waals surface area contributed by atoms with Gasteiger partial charge in [-0.2, -0.15) is 13.2 Å². The number of anilines is 1. The Kier molecular flexibility index (Phi) is 4.21. The molecule has 0 radical (unpaired) electrons. The summed E-state index contributed by atoms with van der Waals surface area (Å²) in [7, 11) is 0. The maximum atomic E-state index is 12.6. The van der Waals surface area contributed by atoms with Crippen molar-refractivity contribution in [1.29, 1.82) is 0 Å². The molecule has 1 aliphatic heterocycles. The molecular formula is C15H12ClF3N2O2. The van der Waals surface area contributed by atoms with Gasteiger partial charge in [0.25, 0.3) is 0 Å². The summed E-state index contributed by atoms with van der Waals surface area (Å²) >= 11 is 5.84. The number of hydrogen-bond donors (Lipinski definition) is 1. The molecule has 0 saturated carbocycles. The van der Waals surface area contributed by atoms with Crippen LogP contribution in [0.3, 0.4) is 0 Å². The van der Waals surface area contributed by atoms with Crippen LogP contribution in [0.2, 0.25) is 5.02 Å². The van der Waals surface area contributed by atoms with Crippen LogP contribution in [0.5, 0.6) is 11.5 Å². The lowest BCUT2D eigenvalue weighted by molar-refractivity contribution is -0.137. The van der Waals surface area contributed by atoms with Gasteiger partial charge in [-0.3, -0.25) is 0 Å². The SMILES string of the molecule is FC(F)(F)c1cnc(NC[C@@H]2COc3ccccc3O2)c(Cl)c1. The van der Waals surface area contributed by atoms with Gasteiger partial charge in [0.15, 0.2) is 11.5 Å². The average Bonchev–Trinajstić information content (AvgIpc) is 2.52. The molecule has 0 bridgehead atoms. The van der Waals surface area contributed by atoms with E-state index < -0.39 is 11.7 Å². The lowest BCUT2D eigenvalue weighted by Crippen LogP contribution is -2.35. The smallest absolute Gasteiger partial charge is 0.417 e. The van der Waals surface area contributed by atoms with Gasteiger partial charge in [-0.1, -0.05) is 23.7 Å². The van der Waals surface area contributed by atoms with Gasteiger partial charge in [0.05, 0.1) is 17.1 Å². The number of halogens is 4. The topological polar surface area (TPSA) is 43.4 Å². The number of rotatable bonds is 3. The second-order valence-electron chi connectivity index (χ2n) is 4.93. The monoisotopic (exact) mass is 344 g/mol. The highest BCUT2D eigenvalue weighted by atomic mass is 35.5. The number of nitrogens with zero attached hydrogens (tertiary/aromatic N) is 1. The van der Waals surface area contributed by atoms with Crippen LogP contribution in [0.1, 0.15) is 5.56 Å². The number of para-hydroxylation sites is 2. The zero-order valence-electron chi connectivity index (χ0n) is 11.7. The molecule has 0 aliphatic carbocycles. The maximum absolute atomic E-state index is 12.6. The summed E-state index contributed by atoms with van der Waals surface area (Å²) in [4.78, 5) is 3.71. The number of alkyl halides is 3. The predicted octanol–water partition coefficient (Wildman–Crippen LogP) is 4.01. The molecule has 3 rings (SSSR count). The number of nitrogens with one attached hydrogen (secondary N) is 1. The molecule has 2 heterocycles. The predicted molar refractivity (Wildman–Crippen MR) is 79.1 cm³/mol. The molecule has 23 heavy (non-hydrogen) atoms. The third-order valence-electron chi connectivity index (χ3n) is 3.23. The second-order valence-corrected chi connectivity index (χ2v) is 5.34. The Balaban J connectivity index is 1.63. The molecule has 0 unspecified atom stereocenters. The van der Waals surface area contributed by atoms with E-state index in [1.807, 2.05) is 12.1 Å². The molecule has 0 amide bonds. The number of ether oxygens (including phenoxy) is 2. The van der Waals surface area contributed by atoms with Gasteiger partial charge in [-0.25, -0.2) is 4.98 Å². The van der Waals surface area contributed by atoms with E-state index >= 15 is 0 Å². The number of fused-ring (bicyclic) bond motifs is 1. The molecule has 1 aliphatic rings. The number of hydrogen-bond acceptors (Lipinski definition) is 4. The fourth-order valence-electron chi connectivity index (χ4n) is 2.10. The normalized spacial score (nSPS) is 17.0. The van der Waals surface area contributed by atoms with Crippen molar-refractivity contribution in [2.75, 3.05) is 18.5 Å². The number of benzene rings is 1. The van der Waals surface area contributed by atoms with Crippen molar-refractivity contribution in [2.45, 2.75) is 12.3 Å². The highest BCUT2D eigenvalue weighted by molar-refractivity contribution is 6.32. The van der Waals surface area contributed by atoms with Crippen LogP contribution in [-0.2, 0) is 6.18 Å². The van der Waals surface area contributed by atoms with Crippen LogP contribution in [0.4, 0.5) is 19.0 Å². The summed E-state index contributed by atoms with van der Waals surface area (Å²) in [6.07, 6.45) is -4.04. The fraction of sp³-hybridized carbons (Fsp3) is 0.267. The van der Waals surface area contributed by atoms with E-state index in [0.717, 1.165) is 12.3 Å². The van der Waals surface area contributed by atoms with Crippen LogP contribution < -0.4 is 14.8 Å². The van der Waals surface area contributed by atoms with Crippen LogP contribution in [0.25, 0.3) is 0 Å². The third-order valence-corrected chi connectivity index (χ3v) is 3.52. The molecule has 8 heteroatoms. The average molecular weight is 345 g/mol. The van der Waals surface area contributed by atoms with Crippen LogP contribution in [0.15, 0.2) is 36.5 Å². The van der Waals surface area contributed by atoms with E-state index in [0.29, 0.717) is 24.7 Å². The van der Waals surface area contributed by atoms with Crippen molar-refractivity contribution in [1.82, 2.24) is 4.98 Å². The lowest BCUT2D eigenvalue weighted by atomic mass is 10.2. The Labute approximate surface area is 135 Å². The molecule has 122 valence electrons. The van der Waals surface area contributed by atoms with Gasteiger partial charge in [-0.05, 0) is 18.2 Å². The second kappa shape index (κ2) is 6.16. The van der Waals surface area contributed by atoms with Crippen molar-refractivity contribution in [3.05, 3.63) is 47.1 Å².